The Morgan fingerprint density at radius 1 is 1.26 bits per heavy atom. The molecule has 3 rings (SSSR count). The van der Waals surface area contributed by atoms with Gasteiger partial charge in [-0.05, 0) is 24.1 Å². The largest absolute Gasteiger partial charge is 0.452 e. The molecule has 0 spiro atoms. The number of hydrogen-bond donors (Lipinski definition) is 0. The van der Waals surface area contributed by atoms with Crippen molar-refractivity contribution in [2.24, 2.45) is 0 Å². The lowest BCUT2D eigenvalue weighted by molar-refractivity contribution is -0.385. The maximum absolute atomic E-state index is 12.1. The van der Waals surface area contributed by atoms with Gasteiger partial charge in [-0.15, -0.1) is 0 Å². The predicted molar refractivity (Wildman–Crippen MR) is 96.3 cm³/mol. The topological polar surface area (TPSA) is 108 Å². The summed E-state index contributed by atoms with van der Waals surface area (Å²) in [6.45, 7) is 1.75. The van der Waals surface area contributed by atoms with Crippen LogP contribution < -0.4 is 0 Å². The van der Waals surface area contributed by atoms with Crippen LogP contribution in [0, 0.1) is 10.1 Å². The molecule has 9 heteroatoms. The number of carbonyl (C=O) groups is 1. The molecule has 0 aliphatic rings. The summed E-state index contributed by atoms with van der Waals surface area (Å²) in [5.41, 5.74) is 1.30. The number of nitrogens with zero attached hydrogens (tertiary/aromatic N) is 3. The van der Waals surface area contributed by atoms with E-state index in [4.69, 9.17) is 20.9 Å². The summed E-state index contributed by atoms with van der Waals surface area (Å²) in [7, 11) is 0. The molecule has 0 saturated heterocycles. The molecular formula is C18H14ClN3O5. The molecule has 1 aromatic heterocycles. The van der Waals surface area contributed by atoms with E-state index in [9.17, 15) is 14.9 Å². The van der Waals surface area contributed by atoms with E-state index in [1.165, 1.54) is 17.7 Å². The Bertz CT molecular complexity index is 985. The smallest absolute Gasteiger partial charge is 0.345 e. The molecule has 0 unspecified atom stereocenters. The van der Waals surface area contributed by atoms with Crippen molar-refractivity contribution in [3.05, 3.63) is 74.6 Å². The minimum Gasteiger partial charge on any atom is -0.452 e. The van der Waals surface area contributed by atoms with Crippen LogP contribution >= 0.6 is 11.6 Å². The molecule has 0 bridgehead atoms. The molecule has 3 aromatic rings. The lowest BCUT2D eigenvalue weighted by Crippen LogP contribution is -2.08. The highest BCUT2D eigenvalue weighted by Gasteiger charge is 2.22. The van der Waals surface area contributed by atoms with Gasteiger partial charge in [0, 0.05) is 16.7 Å². The van der Waals surface area contributed by atoms with Gasteiger partial charge in [0.1, 0.15) is 5.56 Å². The number of halogens is 1. The highest BCUT2D eigenvalue weighted by atomic mass is 35.5. The molecule has 2 aromatic carbocycles. The van der Waals surface area contributed by atoms with Gasteiger partial charge in [0.2, 0.25) is 5.82 Å². The van der Waals surface area contributed by atoms with Crippen molar-refractivity contribution < 1.29 is 19.0 Å². The number of esters is 1. The van der Waals surface area contributed by atoms with E-state index in [0.717, 1.165) is 18.1 Å². The Balaban J connectivity index is 1.70. The average molecular weight is 388 g/mol. The molecule has 8 nitrogen and oxygen atoms in total. The molecule has 27 heavy (non-hydrogen) atoms. The van der Waals surface area contributed by atoms with Crippen LogP contribution in [0.5, 0.6) is 0 Å². The monoisotopic (exact) mass is 387 g/mol. The van der Waals surface area contributed by atoms with E-state index in [0.29, 0.717) is 5.82 Å². The first-order valence-corrected chi connectivity index (χ1v) is 8.38. The fourth-order valence-corrected chi connectivity index (χ4v) is 2.52. The van der Waals surface area contributed by atoms with Crippen molar-refractivity contribution in [1.82, 2.24) is 10.1 Å². The van der Waals surface area contributed by atoms with Gasteiger partial charge in [-0.2, -0.15) is 4.98 Å². The van der Waals surface area contributed by atoms with Gasteiger partial charge in [-0.3, -0.25) is 10.1 Å². The van der Waals surface area contributed by atoms with Crippen molar-refractivity contribution in [2.45, 2.75) is 20.0 Å². The molecule has 0 aliphatic carbocycles. The highest BCUT2D eigenvalue weighted by Crippen LogP contribution is 2.24. The first-order chi connectivity index (χ1) is 13.0. The summed E-state index contributed by atoms with van der Waals surface area (Å²) in [5.74, 6) is -0.443. The fraction of sp³-hybridized carbons (Fsp3) is 0.167. The van der Waals surface area contributed by atoms with Crippen molar-refractivity contribution in [1.29, 1.82) is 0 Å². The Kier molecular flexibility index (Phi) is 5.46. The van der Waals surface area contributed by atoms with Gasteiger partial charge in [-0.1, -0.05) is 47.9 Å². The van der Waals surface area contributed by atoms with Crippen LogP contribution in [0.1, 0.15) is 28.7 Å². The van der Waals surface area contributed by atoms with Gasteiger partial charge < -0.3 is 9.26 Å². The average Bonchev–Trinajstić information content (AvgIpc) is 3.15. The Labute approximate surface area is 158 Å². The van der Waals surface area contributed by atoms with Gasteiger partial charge >= 0.3 is 5.97 Å². The maximum atomic E-state index is 12.1. The van der Waals surface area contributed by atoms with Gasteiger partial charge in [0.15, 0.2) is 6.61 Å². The normalized spacial score (nSPS) is 10.6. The predicted octanol–water partition coefficient (Wildman–Crippen LogP) is 4.22. The van der Waals surface area contributed by atoms with Crippen molar-refractivity contribution >= 4 is 23.3 Å². The molecule has 1 heterocycles. The molecule has 0 N–H and O–H groups in total. The molecule has 0 radical (unpaired) electrons. The minimum absolute atomic E-state index is 0.0783. The number of aromatic nitrogens is 2. The molecule has 0 saturated carbocycles. The van der Waals surface area contributed by atoms with Crippen LogP contribution in [0.3, 0.4) is 0 Å². The van der Waals surface area contributed by atoms with Crippen LogP contribution in [0.25, 0.3) is 11.4 Å². The molecule has 0 fully saturated rings. The number of nitro groups is 1. The standard InChI is InChI=1S/C18H14ClN3O5/c1-2-11-3-5-12(6-4-11)17-20-16(27-21-17)10-26-18(23)14-8-7-13(19)9-15(14)22(24)25/h3-9H,2,10H2,1H3. The van der Waals surface area contributed by atoms with Gasteiger partial charge in [0.25, 0.3) is 11.6 Å². The summed E-state index contributed by atoms with van der Waals surface area (Å²) < 4.78 is 10.1. The number of aryl methyl sites for hydroxylation is 1. The second-order valence-electron chi connectivity index (χ2n) is 5.56. The number of nitro benzene ring substituents is 1. The third kappa shape index (κ3) is 4.29. The van der Waals surface area contributed by atoms with E-state index < -0.39 is 16.6 Å². The van der Waals surface area contributed by atoms with Crippen molar-refractivity contribution in [3.63, 3.8) is 0 Å². The minimum atomic E-state index is -0.884. The van der Waals surface area contributed by atoms with Crippen LogP contribution in [-0.2, 0) is 17.8 Å². The number of carbonyl (C=O) groups excluding carboxylic acids is 1. The third-order valence-corrected chi connectivity index (χ3v) is 4.03. The van der Waals surface area contributed by atoms with Crippen molar-refractivity contribution in [3.8, 4) is 11.4 Å². The van der Waals surface area contributed by atoms with Gasteiger partial charge in [0.05, 0.1) is 4.92 Å². The number of hydrogen-bond acceptors (Lipinski definition) is 7. The Hall–Kier alpha value is -3.26. The fourth-order valence-electron chi connectivity index (χ4n) is 2.35. The highest BCUT2D eigenvalue weighted by molar-refractivity contribution is 6.31. The van der Waals surface area contributed by atoms with E-state index in [2.05, 4.69) is 17.1 Å². The number of benzene rings is 2. The second-order valence-corrected chi connectivity index (χ2v) is 5.99. The van der Waals surface area contributed by atoms with Crippen LogP contribution in [0.2, 0.25) is 5.02 Å². The lowest BCUT2D eigenvalue weighted by atomic mass is 10.1. The summed E-state index contributed by atoms with van der Waals surface area (Å²) in [6, 6.07) is 11.4. The zero-order chi connectivity index (χ0) is 19.4. The summed E-state index contributed by atoms with van der Waals surface area (Å²) in [5, 5.41) is 15.1. The van der Waals surface area contributed by atoms with E-state index >= 15 is 0 Å². The zero-order valence-corrected chi connectivity index (χ0v) is 15.0. The Morgan fingerprint density at radius 3 is 2.67 bits per heavy atom. The van der Waals surface area contributed by atoms with E-state index in [1.807, 2.05) is 24.3 Å². The van der Waals surface area contributed by atoms with E-state index in [-0.39, 0.29) is 23.1 Å². The number of ether oxygens (including phenoxy) is 1. The lowest BCUT2D eigenvalue weighted by Gasteiger charge is -2.03. The summed E-state index contributed by atoms with van der Waals surface area (Å²) in [6.07, 6.45) is 0.921. The SMILES string of the molecule is CCc1ccc(-c2noc(COC(=O)c3ccc(Cl)cc3[N+](=O)[O-])n2)cc1. The van der Waals surface area contributed by atoms with E-state index in [1.54, 1.807) is 0 Å². The second kappa shape index (κ2) is 7.96. The summed E-state index contributed by atoms with van der Waals surface area (Å²) >= 11 is 5.73. The quantitative estimate of drug-likeness (QED) is 0.354. The Morgan fingerprint density at radius 2 is 2.00 bits per heavy atom. The molecule has 0 amide bonds. The zero-order valence-electron chi connectivity index (χ0n) is 14.2. The first-order valence-electron chi connectivity index (χ1n) is 8.01. The van der Waals surface area contributed by atoms with Gasteiger partial charge in [-0.25, -0.2) is 4.79 Å². The number of rotatable bonds is 6. The molecule has 0 atom stereocenters. The molecular weight excluding hydrogens is 374 g/mol. The van der Waals surface area contributed by atoms with Crippen molar-refractivity contribution in [2.75, 3.05) is 0 Å². The first kappa shape index (κ1) is 18.5. The van der Waals surface area contributed by atoms with Crippen LogP contribution in [0.15, 0.2) is 47.0 Å². The van der Waals surface area contributed by atoms with Crippen LogP contribution in [0.4, 0.5) is 5.69 Å². The maximum Gasteiger partial charge on any atom is 0.345 e. The summed E-state index contributed by atoms with van der Waals surface area (Å²) in [4.78, 5) is 26.7. The van der Waals surface area contributed by atoms with Crippen LogP contribution in [-0.4, -0.2) is 21.0 Å². The molecule has 138 valence electrons. The molecule has 0 aliphatic heterocycles. The third-order valence-electron chi connectivity index (χ3n) is 3.79.